The van der Waals surface area contributed by atoms with Crippen LogP contribution in [-0.4, -0.2) is 18.2 Å². The maximum Gasteiger partial charge on any atom is 0.0728 e. The van der Waals surface area contributed by atoms with E-state index in [9.17, 15) is 0 Å². The molecule has 0 amide bonds. The van der Waals surface area contributed by atoms with Gasteiger partial charge in [-0.05, 0) is 19.3 Å². The zero-order chi connectivity index (χ0) is 10.6. The van der Waals surface area contributed by atoms with E-state index in [0.29, 0.717) is 4.99 Å². The van der Waals surface area contributed by atoms with Gasteiger partial charge in [-0.1, -0.05) is 44.8 Å². The van der Waals surface area contributed by atoms with Crippen molar-refractivity contribution in [3.63, 3.8) is 0 Å². The second-order valence-electron chi connectivity index (χ2n) is 3.60. The third-order valence-electron chi connectivity index (χ3n) is 2.10. The molecule has 2 nitrogen and oxygen atoms in total. The summed E-state index contributed by atoms with van der Waals surface area (Å²) < 4.78 is 5.45. The molecule has 0 aliphatic rings. The standard InChI is InChI=1S/C11H23NOS/c1-2-3-4-5-6-9-13-10-7-8-11(12)14/h2-10H2,1H3,(H2,12,14). The van der Waals surface area contributed by atoms with Gasteiger partial charge in [0, 0.05) is 13.2 Å². The monoisotopic (exact) mass is 217 g/mol. The summed E-state index contributed by atoms with van der Waals surface area (Å²) in [6.07, 6.45) is 8.24. The maximum atomic E-state index is 5.45. The lowest BCUT2D eigenvalue weighted by atomic mass is 10.2. The van der Waals surface area contributed by atoms with Crippen LogP contribution in [0.3, 0.4) is 0 Å². The summed E-state index contributed by atoms with van der Waals surface area (Å²) in [6, 6.07) is 0. The van der Waals surface area contributed by atoms with Gasteiger partial charge in [-0.2, -0.15) is 0 Å². The minimum Gasteiger partial charge on any atom is -0.393 e. The van der Waals surface area contributed by atoms with E-state index in [0.717, 1.165) is 26.1 Å². The van der Waals surface area contributed by atoms with Gasteiger partial charge in [0.1, 0.15) is 0 Å². The van der Waals surface area contributed by atoms with Crippen LogP contribution in [0.1, 0.15) is 51.9 Å². The molecular weight excluding hydrogens is 194 g/mol. The first-order valence-electron chi connectivity index (χ1n) is 5.63. The fourth-order valence-corrected chi connectivity index (χ4v) is 1.40. The molecular formula is C11H23NOS. The molecule has 0 bridgehead atoms. The minimum absolute atomic E-state index is 0.594. The van der Waals surface area contributed by atoms with Gasteiger partial charge in [0.15, 0.2) is 0 Å². The van der Waals surface area contributed by atoms with E-state index in [-0.39, 0.29) is 0 Å². The molecule has 0 rings (SSSR count). The highest BCUT2D eigenvalue weighted by molar-refractivity contribution is 7.80. The van der Waals surface area contributed by atoms with Crippen molar-refractivity contribution in [2.24, 2.45) is 5.73 Å². The lowest BCUT2D eigenvalue weighted by Crippen LogP contribution is -2.08. The first-order valence-corrected chi connectivity index (χ1v) is 6.04. The van der Waals surface area contributed by atoms with Crippen LogP contribution in [0, 0.1) is 0 Å². The lowest BCUT2D eigenvalue weighted by Gasteiger charge is -2.03. The number of rotatable bonds is 10. The molecule has 2 N–H and O–H groups in total. The molecule has 0 radical (unpaired) electrons. The molecule has 0 atom stereocenters. The largest absolute Gasteiger partial charge is 0.393 e. The average molecular weight is 217 g/mol. The molecule has 0 saturated heterocycles. The van der Waals surface area contributed by atoms with Crippen LogP contribution in [0.2, 0.25) is 0 Å². The highest BCUT2D eigenvalue weighted by Crippen LogP contribution is 2.02. The van der Waals surface area contributed by atoms with E-state index in [1.54, 1.807) is 0 Å². The van der Waals surface area contributed by atoms with Gasteiger partial charge < -0.3 is 10.5 Å². The summed E-state index contributed by atoms with van der Waals surface area (Å²) in [4.78, 5) is 0.594. The SMILES string of the molecule is CCCCCCCOCCCC(N)=S. The Morgan fingerprint density at radius 3 is 2.36 bits per heavy atom. The summed E-state index contributed by atoms with van der Waals surface area (Å²) in [7, 11) is 0. The highest BCUT2D eigenvalue weighted by Gasteiger charge is 1.92. The molecule has 0 unspecified atom stereocenters. The summed E-state index contributed by atoms with van der Waals surface area (Å²) in [5, 5.41) is 0. The third-order valence-corrected chi connectivity index (χ3v) is 2.31. The van der Waals surface area contributed by atoms with Crippen molar-refractivity contribution < 1.29 is 4.74 Å². The quantitative estimate of drug-likeness (QED) is 0.451. The van der Waals surface area contributed by atoms with Gasteiger partial charge >= 0.3 is 0 Å². The Labute approximate surface area is 93.2 Å². The topological polar surface area (TPSA) is 35.2 Å². The molecule has 84 valence electrons. The van der Waals surface area contributed by atoms with Crippen LogP contribution in [0.15, 0.2) is 0 Å². The summed E-state index contributed by atoms with van der Waals surface area (Å²) in [5.41, 5.74) is 5.36. The molecule has 14 heavy (non-hydrogen) atoms. The Bertz CT molecular complexity index is 139. The Balaban J connectivity index is 2.88. The van der Waals surface area contributed by atoms with E-state index in [1.807, 2.05) is 0 Å². The van der Waals surface area contributed by atoms with Crippen molar-refractivity contribution in [1.29, 1.82) is 0 Å². The molecule has 0 aliphatic carbocycles. The van der Waals surface area contributed by atoms with Crippen molar-refractivity contribution in [1.82, 2.24) is 0 Å². The molecule has 0 aromatic carbocycles. The molecule has 3 heteroatoms. The molecule has 0 aliphatic heterocycles. The van der Waals surface area contributed by atoms with Crippen molar-refractivity contribution >= 4 is 17.2 Å². The number of thiocarbonyl (C=S) groups is 1. The maximum absolute atomic E-state index is 5.45. The molecule has 0 heterocycles. The van der Waals surface area contributed by atoms with Crippen molar-refractivity contribution in [3.8, 4) is 0 Å². The van der Waals surface area contributed by atoms with Crippen LogP contribution < -0.4 is 5.73 Å². The van der Waals surface area contributed by atoms with E-state index in [4.69, 9.17) is 22.7 Å². The van der Waals surface area contributed by atoms with Crippen molar-refractivity contribution in [2.45, 2.75) is 51.9 Å². The van der Waals surface area contributed by atoms with E-state index in [2.05, 4.69) is 6.92 Å². The van der Waals surface area contributed by atoms with Crippen LogP contribution in [-0.2, 0) is 4.74 Å². The second kappa shape index (κ2) is 10.9. The van der Waals surface area contributed by atoms with E-state index >= 15 is 0 Å². The fourth-order valence-electron chi connectivity index (χ4n) is 1.26. The van der Waals surface area contributed by atoms with Gasteiger partial charge in [-0.25, -0.2) is 0 Å². The first-order chi connectivity index (χ1) is 6.77. The highest BCUT2D eigenvalue weighted by atomic mass is 32.1. The Morgan fingerprint density at radius 2 is 1.71 bits per heavy atom. The Morgan fingerprint density at radius 1 is 1.07 bits per heavy atom. The zero-order valence-corrected chi connectivity index (χ0v) is 10.1. The molecule has 0 fully saturated rings. The molecule has 0 aromatic heterocycles. The number of nitrogens with two attached hydrogens (primary N) is 1. The van der Waals surface area contributed by atoms with Gasteiger partial charge in [0.2, 0.25) is 0 Å². The Kier molecular flexibility index (Phi) is 10.8. The average Bonchev–Trinajstić information content (AvgIpc) is 2.15. The molecule has 0 aromatic rings. The van der Waals surface area contributed by atoms with Crippen LogP contribution in [0.4, 0.5) is 0 Å². The van der Waals surface area contributed by atoms with E-state index < -0.39 is 0 Å². The number of unbranched alkanes of at least 4 members (excludes halogenated alkanes) is 4. The first kappa shape index (κ1) is 13.8. The summed E-state index contributed by atoms with van der Waals surface area (Å²) >= 11 is 4.77. The number of hydrogen-bond acceptors (Lipinski definition) is 2. The smallest absolute Gasteiger partial charge is 0.0728 e. The van der Waals surface area contributed by atoms with Crippen LogP contribution >= 0.6 is 12.2 Å². The van der Waals surface area contributed by atoms with Gasteiger partial charge in [0.05, 0.1) is 4.99 Å². The van der Waals surface area contributed by atoms with E-state index in [1.165, 1.54) is 32.1 Å². The van der Waals surface area contributed by atoms with Gasteiger partial charge in [0.25, 0.3) is 0 Å². The predicted molar refractivity (Wildman–Crippen MR) is 65.6 cm³/mol. The van der Waals surface area contributed by atoms with Crippen molar-refractivity contribution in [2.75, 3.05) is 13.2 Å². The van der Waals surface area contributed by atoms with Gasteiger partial charge in [-0.3, -0.25) is 0 Å². The zero-order valence-electron chi connectivity index (χ0n) is 9.26. The second-order valence-corrected chi connectivity index (χ2v) is 4.12. The number of ether oxygens (including phenoxy) is 1. The normalized spacial score (nSPS) is 10.4. The predicted octanol–water partition coefficient (Wildman–Crippen LogP) is 3.04. The number of hydrogen-bond donors (Lipinski definition) is 1. The fraction of sp³-hybridized carbons (Fsp3) is 0.909. The van der Waals surface area contributed by atoms with Gasteiger partial charge in [-0.15, -0.1) is 0 Å². The van der Waals surface area contributed by atoms with Crippen molar-refractivity contribution in [3.05, 3.63) is 0 Å². The molecule has 0 saturated carbocycles. The van der Waals surface area contributed by atoms with Crippen LogP contribution in [0.25, 0.3) is 0 Å². The Hall–Kier alpha value is -0.150. The van der Waals surface area contributed by atoms with Crippen LogP contribution in [0.5, 0.6) is 0 Å². The summed E-state index contributed by atoms with van der Waals surface area (Å²) in [5.74, 6) is 0. The minimum atomic E-state index is 0.594. The molecule has 0 spiro atoms. The summed E-state index contributed by atoms with van der Waals surface area (Å²) in [6.45, 7) is 3.92. The lowest BCUT2D eigenvalue weighted by molar-refractivity contribution is 0.129. The third kappa shape index (κ3) is 11.8.